The standard InChI is InChI=1S/C20H19N3O/c1-14-8-7-11-16(12-14)19-21-13-17(20(24)23(2)3)18(22-19)15-9-5-4-6-10-15/h4-13H,1-3H3. The van der Waals surface area contributed by atoms with Crippen LogP contribution in [0.15, 0.2) is 60.8 Å². The monoisotopic (exact) mass is 317 g/mol. The summed E-state index contributed by atoms with van der Waals surface area (Å²) in [5.74, 6) is 0.512. The highest BCUT2D eigenvalue weighted by molar-refractivity contribution is 5.99. The van der Waals surface area contributed by atoms with E-state index in [9.17, 15) is 4.79 Å². The first-order valence-corrected chi connectivity index (χ1v) is 7.77. The van der Waals surface area contributed by atoms with Gasteiger partial charge in [0, 0.05) is 31.4 Å². The summed E-state index contributed by atoms with van der Waals surface area (Å²) < 4.78 is 0. The van der Waals surface area contributed by atoms with Gasteiger partial charge in [-0.3, -0.25) is 4.79 Å². The zero-order valence-corrected chi connectivity index (χ0v) is 14.0. The molecular weight excluding hydrogens is 298 g/mol. The van der Waals surface area contributed by atoms with Crippen LogP contribution >= 0.6 is 0 Å². The molecule has 0 aliphatic heterocycles. The van der Waals surface area contributed by atoms with E-state index in [1.807, 2.05) is 61.5 Å². The Kier molecular flexibility index (Phi) is 4.38. The molecule has 0 atom stereocenters. The van der Waals surface area contributed by atoms with Crippen molar-refractivity contribution >= 4 is 5.91 Å². The molecule has 0 aliphatic carbocycles. The second kappa shape index (κ2) is 6.62. The number of aryl methyl sites for hydroxylation is 1. The molecule has 0 saturated carbocycles. The average Bonchev–Trinajstić information content (AvgIpc) is 2.61. The molecule has 2 aromatic carbocycles. The molecule has 3 rings (SSSR count). The van der Waals surface area contributed by atoms with E-state index in [0.29, 0.717) is 17.1 Å². The highest BCUT2D eigenvalue weighted by Crippen LogP contribution is 2.25. The van der Waals surface area contributed by atoms with Crippen LogP contribution in [0.5, 0.6) is 0 Å². The van der Waals surface area contributed by atoms with Gasteiger partial charge < -0.3 is 4.90 Å². The maximum atomic E-state index is 12.5. The fraction of sp³-hybridized carbons (Fsp3) is 0.150. The fourth-order valence-electron chi connectivity index (χ4n) is 2.52. The number of carbonyl (C=O) groups excluding carboxylic acids is 1. The number of aromatic nitrogens is 2. The molecule has 1 aromatic heterocycles. The molecule has 0 unspecified atom stereocenters. The Morgan fingerprint density at radius 3 is 2.33 bits per heavy atom. The van der Waals surface area contributed by atoms with E-state index in [-0.39, 0.29) is 5.91 Å². The molecule has 0 saturated heterocycles. The fourth-order valence-corrected chi connectivity index (χ4v) is 2.52. The van der Waals surface area contributed by atoms with Crippen LogP contribution in [0.1, 0.15) is 15.9 Å². The molecule has 1 amide bonds. The van der Waals surface area contributed by atoms with E-state index in [1.165, 1.54) is 4.90 Å². The molecule has 4 heteroatoms. The van der Waals surface area contributed by atoms with Crippen molar-refractivity contribution in [2.45, 2.75) is 6.92 Å². The van der Waals surface area contributed by atoms with Crippen molar-refractivity contribution in [1.29, 1.82) is 0 Å². The highest BCUT2D eigenvalue weighted by Gasteiger charge is 2.18. The lowest BCUT2D eigenvalue weighted by Crippen LogP contribution is -2.23. The van der Waals surface area contributed by atoms with Crippen molar-refractivity contribution < 1.29 is 4.79 Å². The second-order valence-corrected chi connectivity index (χ2v) is 5.89. The minimum atomic E-state index is -0.107. The van der Waals surface area contributed by atoms with E-state index in [4.69, 9.17) is 4.98 Å². The Bertz CT molecular complexity index is 873. The third-order valence-electron chi connectivity index (χ3n) is 3.75. The van der Waals surface area contributed by atoms with Crippen molar-refractivity contribution in [3.05, 3.63) is 71.9 Å². The molecule has 24 heavy (non-hydrogen) atoms. The smallest absolute Gasteiger partial charge is 0.257 e. The molecule has 3 aromatic rings. The van der Waals surface area contributed by atoms with Crippen LogP contribution in [0.2, 0.25) is 0 Å². The lowest BCUT2D eigenvalue weighted by Gasteiger charge is -2.14. The van der Waals surface area contributed by atoms with Crippen molar-refractivity contribution in [3.8, 4) is 22.6 Å². The summed E-state index contributed by atoms with van der Waals surface area (Å²) in [5.41, 5.74) is 4.14. The Balaban J connectivity index is 2.18. The first-order valence-electron chi connectivity index (χ1n) is 7.77. The van der Waals surface area contributed by atoms with Crippen LogP contribution in [0.25, 0.3) is 22.6 Å². The van der Waals surface area contributed by atoms with Crippen LogP contribution in [0.3, 0.4) is 0 Å². The Labute approximate surface area is 141 Å². The molecule has 120 valence electrons. The predicted molar refractivity (Wildman–Crippen MR) is 95.7 cm³/mol. The zero-order valence-electron chi connectivity index (χ0n) is 14.0. The van der Waals surface area contributed by atoms with Gasteiger partial charge in [0.2, 0.25) is 0 Å². The third kappa shape index (κ3) is 3.18. The summed E-state index contributed by atoms with van der Waals surface area (Å²) in [5, 5.41) is 0. The number of hydrogen-bond acceptors (Lipinski definition) is 3. The van der Waals surface area contributed by atoms with Crippen LogP contribution < -0.4 is 0 Å². The van der Waals surface area contributed by atoms with Crippen molar-refractivity contribution in [1.82, 2.24) is 14.9 Å². The number of rotatable bonds is 3. The summed E-state index contributed by atoms with van der Waals surface area (Å²) in [4.78, 5) is 23.1. The minimum Gasteiger partial charge on any atom is -0.345 e. The summed E-state index contributed by atoms with van der Waals surface area (Å²) in [6.45, 7) is 2.03. The van der Waals surface area contributed by atoms with E-state index in [2.05, 4.69) is 4.98 Å². The van der Waals surface area contributed by atoms with Gasteiger partial charge in [-0.25, -0.2) is 9.97 Å². The lowest BCUT2D eigenvalue weighted by atomic mass is 10.1. The van der Waals surface area contributed by atoms with Gasteiger partial charge in [0.05, 0.1) is 11.3 Å². The predicted octanol–water partition coefficient (Wildman–Crippen LogP) is 3.82. The van der Waals surface area contributed by atoms with Gasteiger partial charge in [-0.15, -0.1) is 0 Å². The second-order valence-electron chi connectivity index (χ2n) is 5.89. The number of amides is 1. The third-order valence-corrected chi connectivity index (χ3v) is 3.75. The van der Waals surface area contributed by atoms with Gasteiger partial charge in [0.25, 0.3) is 5.91 Å². The zero-order chi connectivity index (χ0) is 17.1. The summed E-state index contributed by atoms with van der Waals surface area (Å²) in [6.07, 6.45) is 1.62. The molecule has 0 bridgehead atoms. The first kappa shape index (κ1) is 15.9. The molecule has 0 radical (unpaired) electrons. The Morgan fingerprint density at radius 1 is 0.958 bits per heavy atom. The lowest BCUT2D eigenvalue weighted by molar-refractivity contribution is 0.0827. The van der Waals surface area contributed by atoms with Crippen molar-refractivity contribution in [2.75, 3.05) is 14.1 Å². The molecule has 1 heterocycles. The van der Waals surface area contributed by atoms with Gasteiger partial charge in [-0.1, -0.05) is 54.1 Å². The molecular formula is C20H19N3O. The van der Waals surface area contributed by atoms with Gasteiger partial charge in [-0.05, 0) is 13.0 Å². The normalized spacial score (nSPS) is 10.5. The van der Waals surface area contributed by atoms with Gasteiger partial charge in [0.15, 0.2) is 5.82 Å². The average molecular weight is 317 g/mol. The minimum absolute atomic E-state index is 0.107. The van der Waals surface area contributed by atoms with Crippen LogP contribution in [-0.4, -0.2) is 34.9 Å². The van der Waals surface area contributed by atoms with Gasteiger partial charge in [0.1, 0.15) is 0 Å². The molecule has 4 nitrogen and oxygen atoms in total. The Hall–Kier alpha value is -3.01. The SMILES string of the molecule is Cc1cccc(-c2ncc(C(=O)N(C)C)c(-c3ccccc3)n2)c1. The maximum absolute atomic E-state index is 12.5. The highest BCUT2D eigenvalue weighted by atomic mass is 16.2. The van der Waals surface area contributed by atoms with E-state index in [0.717, 1.165) is 16.7 Å². The Morgan fingerprint density at radius 2 is 1.67 bits per heavy atom. The molecule has 0 N–H and O–H groups in total. The maximum Gasteiger partial charge on any atom is 0.257 e. The number of nitrogens with zero attached hydrogens (tertiary/aromatic N) is 3. The van der Waals surface area contributed by atoms with E-state index in [1.54, 1.807) is 20.3 Å². The van der Waals surface area contributed by atoms with Gasteiger partial charge in [-0.2, -0.15) is 0 Å². The van der Waals surface area contributed by atoms with Crippen molar-refractivity contribution in [3.63, 3.8) is 0 Å². The van der Waals surface area contributed by atoms with Crippen LogP contribution in [0, 0.1) is 6.92 Å². The molecule has 0 aliphatic rings. The number of carbonyl (C=O) groups is 1. The first-order chi connectivity index (χ1) is 11.6. The van der Waals surface area contributed by atoms with E-state index < -0.39 is 0 Å². The number of benzene rings is 2. The molecule has 0 spiro atoms. The molecule has 0 fully saturated rings. The summed E-state index contributed by atoms with van der Waals surface area (Å²) >= 11 is 0. The van der Waals surface area contributed by atoms with Crippen LogP contribution in [-0.2, 0) is 0 Å². The van der Waals surface area contributed by atoms with E-state index >= 15 is 0 Å². The van der Waals surface area contributed by atoms with Crippen LogP contribution in [0.4, 0.5) is 0 Å². The largest absolute Gasteiger partial charge is 0.345 e. The number of hydrogen-bond donors (Lipinski definition) is 0. The quantitative estimate of drug-likeness (QED) is 0.738. The summed E-state index contributed by atoms with van der Waals surface area (Å²) in [6, 6.07) is 17.8. The summed E-state index contributed by atoms with van der Waals surface area (Å²) in [7, 11) is 3.46. The van der Waals surface area contributed by atoms with Crippen molar-refractivity contribution in [2.24, 2.45) is 0 Å². The van der Waals surface area contributed by atoms with Gasteiger partial charge >= 0.3 is 0 Å². The topological polar surface area (TPSA) is 46.1 Å².